The van der Waals surface area contributed by atoms with Crippen molar-refractivity contribution in [3.63, 3.8) is 0 Å². The lowest BCUT2D eigenvalue weighted by atomic mass is 9.85. The molecule has 0 radical (unpaired) electrons. The number of hydrogen-bond donors (Lipinski definition) is 2. The Hall–Kier alpha value is 0.210. The van der Waals surface area contributed by atoms with Crippen LogP contribution in [0.25, 0.3) is 0 Å². The third-order valence-electron chi connectivity index (χ3n) is 5.09. The zero-order valence-corrected chi connectivity index (χ0v) is 17.7. The van der Waals surface area contributed by atoms with Gasteiger partial charge < -0.3 is 11.3 Å². The highest BCUT2D eigenvalue weighted by Crippen LogP contribution is 2.32. The topological polar surface area (TPSA) is 55.2 Å². The summed E-state index contributed by atoms with van der Waals surface area (Å²) < 4.78 is 0. The molecule has 0 fully saturated rings. The van der Waals surface area contributed by atoms with Gasteiger partial charge in [0.25, 0.3) is 0 Å². The van der Waals surface area contributed by atoms with Crippen LogP contribution in [0.3, 0.4) is 0 Å². The molecule has 0 aromatic heterocycles. The summed E-state index contributed by atoms with van der Waals surface area (Å²) in [5, 5.41) is 9.01. The van der Waals surface area contributed by atoms with E-state index in [1.165, 1.54) is 83.5 Å². The summed E-state index contributed by atoms with van der Waals surface area (Å²) in [5.74, 6) is 0.541. The summed E-state index contributed by atoms with van der Waals surface area (Å²) in [6.45, 7) is 6.82. The van der Waals surface area contributed by atoms with Crippen molar-refractivity contribution in [3.05, 3.63) is 0 Å². The van der Waals surface area contributed by atoms with E-state index in [2.05, 4.69) is 20.8 Å². The van der Waals surface area contributed by atoms with E-state index in [4.69, 9.17) is 16.7 Å². The third-order valence-corrected chi connectivity index (χ3v) is 5.40. The fourth-order valence-electron chi connectivity index (χ4n) is 3.40. The van der Waals surface area contributed by atoms with Crippen LogP contribution in [0.2, 0.25) is 0 Å². The maximum Gasteiger partial charge on any atom is 0.0431 e. The van der Waals surface area contributed by atoms with Gasteiger partial charge in [-0.2, -0.15) is 0 Å². The van der Waals surface area contributed by atoms with Crippen molar-refractivity contribution in [1.82, 2.24) is 6.15 Å². The maximum atomic E-state index is 9.01. The van der Waals surface area contributed by atoms with Crippen LogP contribution in [0.4, 0.5) is 0 Å². The molecule has 0 aliphatic rings. The molecule has 0 aromatic carbocycles. The molecule has 0 aliphatic carbocycles. The summed E-state index contributed by atoms with van der Waals surface area (Å²) in [5.41, 5.74) is 0. The van der Waals surface area contributed by atoms with Crippen molar-refractivity contribution in [2.24, 2.45) is 5.92 Å². The first-order chi connectivity index (χ1) is 11.0. The second-order valence-corrected chi connectivity index (χ2v) is 8.78. The van der Waals surface area contributed by atoms with Gasteiger partial charge in [-0.15, -0.1) is 11.6 Å². The molecule has 0 rings (SSSR count). The van der Waals surface area contributed by atoms with Gasteiger partial charge in [0.2, 0.25) is 0 Å². The first-order valence-electron chi connectivity index (χ1n) is 10.3. The SMILES string of the molecule is CCCCCCCCCCCCCCC(CCCO)C(C)(C)Cl.N. The van der Waals surface area contributed by atoms with E-state index in [1.54, 1.807) is 0 Å². The lowest BCUT2D eigenvalue weighted by molar-refractivity contribution is 0.253. The maximum absolute atomic E-state index is 9.01. The fraction of sp³-hybridized carbons (Fsp3) is 1.00. The zero-order chi connectivity index (χ0) is 17.4. The van der Waals surface area contributed by atoms with Crippen molar-refractivity contribution in [2.75, 3.05) is 6.61 Å². The van der Waals surface area contributed by atoms with Crippen LogP contribution in [0.5, 0.6) is 0 Å². The Balaban J connectivity index is 0. The molecule has 0 aliphatic heterocycles. The molecule has 0 spiro atoms. The largest absolute Gasteiger partial charge is 0.396 e. The van der Waals surface area contributed by atoms with Crippen molar-refractivity contribution >= 4 is 11.6 Å². The molecule has 0 saturated carbocycles. The van der Waals surface area contributed by atoms with Crippen LogP contribution in [0, 0.1) is 5.92 Å². The lowest BCUT2D eigenvalue weighted by Gasteiger charge is -2.28. The summed E-state index contributed by atoms with van der Waals surface area (Å²) in [4.78, 5) is -0.132. The van der Waals surface area contributed by atoms with E-state index in [9.17, 15) is 0 Å². The van der Waals surface area contributed by atoms with Gasteiger partial charge in [-0.05, 0) is 39.0 Å². The molecule has 0 bridgehead atoms. The summed E-state index contributed by atoms with van der Waals surface area (Å²) in [6, 6.07) is 0. The molecule has 0 amide bonds. The quantitative estimate of drug-likeness (QED) is 0.206. The normalized spacial score (nSPS) is 12.9. The van der Waals surface area contributed by atoms with Gasteiger partial charge >= 0.3 is 0 Å². The van der Waals surface area contributed by atoms with Crippen LogP contribution < -0.4 is 6.15 Å². The average molecular weight is 364 g/mol. The Morgan fingerprint density at radius 3 is 1.46 bits per heavy atom. The van der Waals surface area contributed by atoms with Gasteiger partial charge in [0.05, 0.1) is 0 Å². The first kappa shape index (κ1) is 26.4. The van der Waals surface area contributed by atoms with Gasteiger partial charge in [-0.3, -0.25) is 0 Å². The molecule has 0 heterocycles. The average Bonchev–Trinajstić information content (AvgIpc) is 2.50. The number of halogens is 1. The van der Waals surface area contributed by atoms with Crippen LogP contribution in [0.15, 0.2) is 0 Å². The summed E-state index contributed by atoms with van der Waals surface area (Å²) in [7, 11) is 0. The molecule has 2 nitrogen and oxygen atoms in total. The number of unbranched alkanes of at least 4 members (excludes halogenated alkanes) is 11. The molecule has 148 valence electrons. The van der Waals surface area contributed by atoms with Crippen LogP contribution >= 0.6 is 11.6 Å². The predicted molar refractivity (Wildman–Crippen MR) is 110 cm³/mol. The highest BCUT2D eigenvalue weighted by molar-refractivity contribution is 6.23. The minimum Gasteiger partial charge on any atom is -0.396 e. The van der Waals surface area contributed by atoms with Crippen LogP contribution in [-0.4, -0.2) is 16.6 Å². The molecule has 4 N–H and O–H groups in total. The van der Waals surface area contributed by atoms with Crippen molar-refractivity contribution in [2.45, 2.75) is 122 Å². The van der Waals surface area contributed by atoms with Crippen LogP contribution in [-0.2, 0) is 0 Å². The molecule has 3 heteroatoms. The Kier molecular flexibility index (Phi) is 19.8. The predicted octanol–water partition coefficient (Wildman–Crippen LogP) is 7.65. The van der Waals surface area contributed by atoms with Crippen LogP contribution in [0.1, 0.15) is 117 Å². The Morgan fingerprint density at radius 2 is 1.08 bits per heavy atom. The van der Waals surface area contributed by atoms with Crippen molar-refractivity contribution < 1.29 is 5.11 Å². The molecule has 1 atom stereocenters. The second kappa shape index (κ2) is 18.0. The second-order valence-electron chi connectivity index (χ2n) is 7.80. The Bertz CT molecular complexity index is 240. The van der Waals surface area contributed by atoms with E-state index < -0.39 is 0 Å². The first-order valence-corrected chi connectivity index (χ1v) is 10.7. The smallest absolute Gasteiger partial charge is 0.0431 e. The number of alkyl halides is 1. The number of rotatable bonds is 17. The van der Waals surface area contributed by atoms with Gasteiger partial charge in [0.1, 0.15) is 0 Å². The van der Waals surface area contributed by atoms with E-state index in [1.807, 2.05) is 0 Å². The summed E-state index contributed by atoms with van der Waals surface area (Å²) in [6.07, 6.45) is 20.0. The zero-order valence-electron chi connectivity index (χ0n) is 16.9. The monoisotopic (exact) mass is 363 g/mol. The minimum atomic E-state index is -0.132. The molecular formula is C21H46ClNO. The summed E-state index contributed by atoms with van der Waals surface area (Å²) >= 11 is 6.50. The van der Waals surface area contributed by atoms with E-state index in [0.29, 0.717) is 12.5 Å². The van der Waals surface area contributed by atoms with E-state index >= 15 is 0 Å². The highest BCUT2D eigenvalue weighted by Gasteiger charge is 2.25. The van der Waals surface area contributed by atoms with Crippen molar-refractivity contribution in [3.8, 4) is 0 Å². The highest BCUT2D eigenvalue weighted by atomic mass is 35.5. The third kappa shape index (κ3) is 17.0. The number of aliphatic hydroxyl groups excluding tert-OH is 1. The van der Waals surface area contributed by atoms with Gasteiger partial charge in [0.15, 0.2) is 0 Å². The lowest BCUT2D eigenvalue weighted by Crippen LogP contribution is -2.25. The molecule has 0 aromatic rings. The molecular weight excluding hydrogens is 318 g/mol. The van der Waals surface area contributed by atoms with Gasteiger partial charge in [-0.25, -0.2) is 0 Å². The molecule has 24 heavy (non-hydrogen) atoms. The van der Waals surface area contributed by atoms with Gasteiger partial charge in [-0.1, -0.05) is 84.0 Å². The number of aliphatic hydroxyl groups is 1. The Labute approximate surface area is 157 Å². The van der Waals surface area contributed by atoms with Crippen molar-refractivity contribution in [1.29, 1.82) is 0 Å². The fourth-order valence-corrected chi connectivity index (χ4v) is 3.62. The Morgan fingerprint density at radius 1 is 0.708 bits per heavy atom. The van der Waals surface area contributed by atoms with Gasteiger partial charge in [0, 0.05) is 11.5 Å². The van der Waals surface area contributed by atoms with E-state index in [0.717, 1.165) is 12.8 Å². The molecule has 1 unspecified atom stereocenters. The number of hydrogen-bond acceptors (Lipinski definition) is 2. The molecule has 0 saturated heterocycles. The van der Waals surface area contributed by atoms with E-state index in [-0.39, 0.29) is 11.0 Å². The standard InChI is InChI=1S/C21H43ClO.H3N/c1-4-5-6-7-8-9-10-11-12-13-14-15-17-20(18-16-19-23)21(2,3)22;/h20,23H,4-19H2,1-3H3;1H3. The minimum absolute atomic E-state index is 0.